The van der Waals surface area contributed by atoms with Crippen LogP contribution in [-0.2, 0) is 4.79 Å². The highest BCUT2D eigenvalue weighted by molar-refractivity contribution is 6.14. The fraction of sp³-hybridized carbons (Fsp3) is 0.105. The number of nitrogens with zero attached hydrogens (tertiary/aromatic N) is 1. The molecule has 0 fully saturated rings. The lowest BCUT2D eigenvalue weighted by Crippen LogP contribution is -2.10. The molecule has 2 rings (SSSR count). The standard InChI is InChI=1S/C19H15NO4/c1-13-6-2-4-8-16(13)19(23)15(11-20)10-14-7-3-5-9-17(14)24-12-18(21)22/h2-10H,12H2,1H3,(H,21,22)/b15-10+. The Bertz CT molecular complexity index is 846. The minimum Gasteiger partial charge on any atom is -0.481 e. The molecule has 0 radical (unpaired) electrons. The Morgan fingerprint density at radius 2 is 1.83 bits per heavy atom. The van der Waals surface area contributed by atoms with Crippen LogP contribution in [0.25, 0.3) is 6.08 Å². The molecule has 0 aliphatic carbocycles. The van der Waals surface area contributed by atoms with Gasteiger partial charge in [0, 0.05) is 11.1 Å². The number of ketones is 1. The molecular formula is C19H15NO4. The molecule has 2 aromatic carbocycles. The van der Waals surface area contributed by atoms with Crippen molar-refractivity contribution < 1.29 is 19.4 Å². The molecule has 0 saturated carbocycles. The van der Waals surface area contributed by atoms with Crippen molar-refractivity contribution >= 4 is 17.8 Å². The van der Waals surface area contributed by atoms with Crippen LogP contribution in [0.1, 0.15) is 21.5 Å². The van der Waals surface area contributed by atoms with Crippen LogP contribution in [0.5, 0.6) is 5.75 Å². The van der Waals surface area contributed by atoms with Crippen LogP contribution in [0, 0.1) is 18.3 Å². The van der Waals surface area contributed by atoms with Gasteiger partial charge in [0.1, 0.15) is 17.4 Å². The number of rotatable bonds is 6. The summed E-state index contributed by atoms with van der Waals surface area (Å²) in [5.74, 6) is -1.20. The summed E-state index contributed by atoms with van der Waals surface area (Å²) in [7, 11) is 0. The van der Waals surface area contributed by atoms with E-state index in [1.165, 1.54) is 6.08 Å². The van der Waals surface area contributed by atoms with E-state index in [4.69, 9.17) is 9.84 Å². The van der Waals surface area contributed by atoms with Crippen molar-refractivity contribution in [2.45, 2.75) is 6.92 Å². The average Bonchev–Trinajstić information content (AvgIpc) is 2.58. The maximum absolute atomic E-state index is 12.6. The summed E-state index contributed by atoms with van der Waals surface area (Å²) in [4.78, 5) is 23.2. The molecule has 0 bridgehead atoms. The second kappa shape index (κ2) is 7.75. The highest BCUT2D eigenvalue weighted by atomic mass is 16.5. The molecule has 0 saturated heterocycles. The van der Waals surface area contributed by atoms with E-state index < -0.39 is 12.6 Å². The van der Waals surface area contributed by atoms with Crippen molar-refractivity contribution in [1.82, 2.24) is 0 Å². The largest absolute Gasteiger partial charge is 0.481 e. The molecule has 0 spiro atoms. The first-order valence-corrected chi connectivity index (χ1v) is 7.18. The van der Waals surface area contributed by atoms with Crippen LogP contribution in [0.2, 0.25) is 0 Å². The molecule has 0 heterocycles. The molecule has 5 heteroatoms. The third-order valence-corrected chi connectivity index (χ3v) is 3.32. The molecule has 0 atom stereocenters. The van der Waals surface area contributed by atoms with E-state index >= 15 is 0 Å². The van der Waals surface area contributed by atoms with Gasteiger partial charge < -0.3 is 9.84 Å². The van der Waals surface area contributed by atoms with Crippen LogP contribution in [-0.4, -0.2) is 23.5 Å². The van der Waals surface area contributed by atoms with Crippen LogP contribution < -0.4 is 4.74 Å². The summed E-state index contributed by atoms with van der Waals surface area (Å²) >= 11 is 0. The monoisotopic (exact) mass is 321 g/mol. The first-order chi connectivity index (χ1) is 11.5. The molecule has 0 aliphatic heterocycles. The third-order valence-electron chi connectivity index (χ3n) is 3.32. The van der Waals surface area contributed by atoms with Gasteiger partial charge in [-0.05, 0) is 24.6 Å². The van der Waals surface area contributed by atoms with Crippen molar-refractivity contribution in [3.05, 3.63) is 70.8 Å². The number of hydrogen-bond donors (Lipinski definition) is 1. The summed E-state index contributed by atoms with van der Waals surface area (Å²) in [5, 5.41) is 18.1. The zero-order chi connectivity index (χ0) is 17.5. The number of carbonyl (C=O) groups is 2. The number of nitriles is 1. The maximum Gasteiger partial charge on any atom is 0.341 e. The van der Waals surface area contributed by atoms with Crippen LogP contribution in [0.3, 0.4) is 0 Å². The quantitative estimate of drug-likeness (QED) is 0.501. The minimum atomic E-state index is -1.11. The van der Waals surface area contributed by atoms with Gasteiger partial charge in [0.25, 0.3) is 0 Å². The van der Waals surface area contributed by atoms with E-state index in [-0.39, 0.29) is 11.4 Å². The fourth-order valence-corrected chi connectivity index (χ4v) is 2.15. The second-order valence-corrected chi connectivity index (χ2v) is 5.03. The number of ether oxygens (including phenoxy) is 1. The molecule has 0 amide bonds. The first-order valence-electron chi connectivity index (χ1n) is 7.18. The van der Waals surface area contributed by atoms with Crippen molar-refractivity contribution in [1.29, 1.82) is 5.26 Å². The SMILES string of the molecule is Cc1ccccc1C(=O)/C(C#N)=C/c1ccccc1OCC(=O)O. The number of aryl methyl sites for hydroxylation is 1. The molecule has 0 unspecified atom stereocenters. The van der Waals surface area contributed by atoms with E-state index in [1.807, 2.05) is 12.1 Å². The van der Waals surface area contributed by atoms with Gasteiger partial charge in [-0.1, -0.05) is 42.5 Å². The van der Waals surface area contributed by atoms with Crippen LogP contribution in [0.4, 0.5) is 0 Å². The zero-order valence-electron chi connectivity index (χ0n) is 13.0. The zero-order valence-corrected chi connectivity index (χ0v) is 13.0. The van der Waals surface area contributed by atoms with Gasteiger partial charge in [0.15, 0.2) is 6.61 Å². The van der Waals surface area contributed by atoms with Gasteiger partial charge >= 0.3 is 5.97 Å². The highest BCUT2D eigenvalue weighted by Crippen LogP contribution is 2.22. The maximum atomic E-state index is 12.6. The Hall–Kier alpha value is -3.39. The van der Waals surface area contributed by atoms with Gasteiger partial charge in [0.05, 0.1) is 0 Å². The Labute approximate surface area is 139 Å². The van der Waals surface area contributed by atoms with Gasteiger partial charge in [-0.25, -0.2) is 4.79 Å². The van der Waals surface area contributed by atoms with Gasteiger partial charge in [-0.3, -0.25) is 4.79 Å². The van der Waals surface area contributed by atoms with Gasteiger partial charge in [0.2, 0.25) is 5.78 Å². The van der Waals surface area contributed by atoms with E-state index in [9.17, 15) is 14.9 Å². The van der Waals surface area contributed by atoms with Crippen LogP contribution in [0.15, 0.2) is 54.1 Å². The molecule has 0 aliphatic rings. The van der Waals surface area contributed by atoms with E-state index in [2.05, 4.69) is 0 Å². The van der Waals surface area contributed by atoms with E-state index in [0.29, 0.717) is 16.9 Å². The number of Topliss-reactive ketones (excluding diaryl/α,β-unsaturated/α-hetero) is 1. The lowest BCUT2D eigenvalue weighted by molar-refractivity contribution is -0.139. The fourth-order valence-electron chi connectivity index (χ4n) is 2.15. The summed E-state index contributed by atoms with van der Waals surface area (Å²) in [6.07, 6.45) is 1.41. The topological polar surface area (TPSA) is 87.4 Å². The lowest BCUT2D eigenvalue weighted by Gasteiger charge is -2.08. The first kappa shape index (κ1) is 17.0. The smallest absolute Gasteiger partial charge is 0.341 e. The summed E-state index contributed by atoms with van der Waals surface area (Å²) in [6.45, 7) is 1.30. The number of aliphatic carboxylic acids is 1. The Kier molecular flexibility index (Phi) is 5.48. The van der Waals surface area contributed by atoms with Gasteiger partial charge in [-0.15, -0.1) is 0 Å². The summed E-state index contributed by atoms with van der Waals surface area (Å²) in [6, 6.07) is 15.6. The third kappa shape index (κ3) is 4.08. The summed E-state index contributed by atoms with van der Waals surface area (Å²) in [5.41, 5.74) is 1.65. The predicted molar refractivity (Wildman–Crippen MR) is 88.7 cm³/mol. The van der Waals surface area contributed by atoms with E-state index in [0.717, 1.165) is 5.56 Å². The minimum absolute atomic E-state index is 0.0457. The molecule has 24 heavy (non-hydrogen) atoms. The van der Waals surface area contributed by atoms with Crippen molar-refractivity contribution in [2.75, 3.05) is 6.61 Å². The number of hydrogen-bond acceptors (Lipinski definition) is 4. The second-order valence-electron chi connectivity index (χ2n) is 5.03. The normalized spacial score (nSPS) is 10.8. The van der Waals surface area contributed by atoms with Crippen molar-refractivity contribution in [3.8, 4) is 11.8 Å². The molecule has 5 nitrogen and oxygen atoms in total. The Morgan fingerprint density at radius 1 is 1.17 bits per heavy atom. The van der Waals surface area contributed by atoms with Crippen molar-refractivity contribution in [2.24, 2.45) is 0 Å². The van der Waals surface area contributed by atoms with Crippen molar-refractivity contribution in [3.63, 3.8) is 0 Å². The predicted octanol–water partition coefficient (Wildman–Crippen LogP) is 3.25. The van der Waals surface area contributed by atoms with Gasteiger partial charge in [-0.2, -0.15) is 5.26 Å². The van der Waals surface area contributed by atoms with Crippen LogP contribution >= 0.6 is 0 Å². The average molecular weight is 321 g/mol. The number of carboxylic acid groups (broad SMARTS) is 1. The molecule has 0 aromatic heterocycles. The molecular weight excluding hydrogens is 306 g/mol. The number of carbonyl (C=O) groups excluding carboxylic acids is 1. The summed E-state index contributed by atoms with van der Waals surface area (Å²) < 4.78 is 5.19. The van der Waals surface area contributed by atoms with E-state index in [1.54, 1.807) is 49.4 Å². The molecule has 120 valence electrons. The highest BCUT2D eigenvalue weighted by Gasteiger charge is 2.15. The number of para-hydroxylation sites is 1. The Morgan fingerprint density at radius 3 is 2.50 bits per heavy atom. The number of allylic oxidation sites excluding steroid dienone is 1. The number of carboxylic acids is 1. The Balaban J connectivity index is 2.38. The lowest BCUT2D eigenvalue weighted by atomic mass is 9.98. The molecule has 2 aromatic rings. The number of benzene rings is 2. The molecule has 1 N–H and O–H groups in total.